The van der Waals surface area contributed by atoms with E-state index in [1.165, 1.54) is 6.92 Å². The summed E-state index contributed by atoms with van der Waals surface area (Å²) in [5.74, 6) is -1.54. The molecule has 3 aromatic carbocycles. The number of furan rings is 1. The molecule has 5 aromatic rings. The van der Waals surface area contributed by atoms with Crippen LogP contribution in [0.5, 0.6) is 0 Å². The van der Waals surface area contributed by atoms with Gasteiger partial charge in [0.05, 0.1) is 5.56 Å². The predicted molar refractivity (Wildman–Crippen MR) is 129 cm³/mol. The fraction of sp³-hybridized carbons (Fsp3) is 0.207. The van der Waals surface area contributed by atoms with Gasteiger partial charge in [-0.15, -0.1) is 0 Å². The topological polar surface area (TPSA) is 17.0 Å². The van der Waals surface area contributed by atoms with Crippen molar-refractivity contribution in [1.29, 1.82) is 0 Å². The Morgan fingerprint density at radius 1 is 0.968 bits per heavy atom. The van der Waals surface area contributed by atoms with Gasteiger partial charge in [-0.3, -0.25) is 0 Å². The molecule has 0 aliphatic heterocycles. The summed E-state index contributed by atoms with van der Waals surface area (Å²) in [4.78, 5) is 0. The van der Waals surface area contributed by atoms with E-state index in [0.29, 0.717) is 0 Å². The largest absolute Gasteiger partial charge is 0.455 e. The highest BCUT2D eigenvalue weighted by Gasteiger charge is 2.21. The summed E-state index contributed by atoms with van der Waals surface area (Å²) in [5, 5.41) is 2.21. The molecule has 0 saturated heterocycles. The van der Waals surface area contributed by atoms with Crippen LogP contribution in [0.2, 0.25) is 0 Å². The van der Waals surface area contributed by atoms with Crippen LogP contribution in [-0.2, 0) is 13.5 Å². The van der Waals surface area contributed by atoms with Crippen LogP contribution in [0.3, 0.4) is 0 Å². The average Bonchev–Trinajstić information content (AvgIpc) is 3.17. The lowest BCUT2D eigenvalue weighted by atomic mass is 9.97. The van der Waals surface area contributed by atoms with E-state index >= 15 is 0 Å². The van der Waals surface area contributed by atoms with Gasteiger partial charge in [-0.05, 0) is 48.1 Å². The fourth-order valence-electron chi connectivity index (χ4n) is 4.41. The molecule has 1 atom stereocenters. The van der Waals surface area contributed by atoms with Crippen molar-refractivity contribution < 1.29 is 14.5 Å². The lowest BCUT2D eigenvalue weighted by molar-refractivity contribution is -0.659. The lowest BCUT2D eigenvalue weighted by Crippen LogP contribution is -2.31. The van der Waals surface area contributed by atoms with Crippen LogP contribution in [0.25, 0.3) is 44.3 Å². The number of nitrogens with zero attached hydrogens (tertiary/aromatic N) is 1. The zero-order chi connectivity index (χ0) is 25.0. The van der Waals surface area contributed by atoms with Gasteiger partial charge in [-0.25, -0.2) is 4.57 Å². The van der Waals surface area contributed by atoms with Crippen LogP contribution < -0.4 is 4.57 Å². The van der Waals surface area contributed by atoms with Gasteiger partial charge < -0.3 is 4.42 Å². The normalized spacial score (nSPS) is 15.8. The molecule has 2 aromatic heterocycles. The summed E-state index contributed by atoms with van der Waals surface area (Å²) in [6, 6.07) is 24.4. The van der Waals surface area contributed by atoms with Crippen molar-refractivity contribution in [2.24, 2.45) is 12.9 Å². The third-order valence-electron chi connectivity index (χ3n) is 5.87. The number of aromatic nitrogens is 1. The first-order valence-corrected chi connectivity index (χ1v) is 10.6. The van der Waals surface area contributed by atoms with E-state index in [0.717, 1.165) is 55.4 Å². The molecule has 0 saturated carbocycles. The molecule has 0 bridgehead atoms. The second-order valence-electron chi connectivity index (χ2n) is 8.30. The maximum atomic E-state index is 8.30. The van der Waals surface area contributed by atoms with Crippen LogP contribution in [0, 0.1) is 12.8 Å². The van der Waals surface area contributed by atoms with Gasteiger partial charge >= 0.3 is 0 Å². The van der Waals surface area contributed by atoms with Gasteiger partial charge in [0, 0.05) is 27.9 Å². The van der Waals surface area contributed by atoms with Crippen LogP contribution in [0.15, 0.2) is 83.4 Å². The molecule has 2 heteroatoms. The molecule has 0 radical (unpaired) electrons. The zero-order valence-electron chi connectivity index (χ0n) is 22.1. The molecule has 0 spiro atoms. The van der Waals surface area contributed by atoms with Crippen molar-refractivity contribution in [3.8, 4) is 22.4 Å². The smallest absolute Gasteiger partial charge is 0.216 e. The van der Waals surface area contributed by atoms with E-state index in [-0.39, 0.29) is 6.42 Å². The van der Waals surface area contributed by atoms with Crippen LogP contribution in [-0.4, -0.2) is 0 Å². The number of aryl methyl sites for hydroxylation is 2. The molecular formula is C29H28NO+. The molecule has 0 aliphatic rings. The van der Waals surface area contributed by atoms with Gasteiger partial charge in [0.1, 0.15) is 18.2 Å². The molecule has 0 amide bonds. The summed E-state index contributed by atoms with van der Waals surface area (Å²) in [5.41, 5.74) is 7.88. The first-order chi connectivity index (χ1) is 16.5. The van der Waals surface area contributed by atoms with E-state index in [1.54, 1.807) is 0 Å². The highest BCUT2D eigenvalue weighted by molar-refractivity contribution is 6.09. The van der Waals surface area contributed by atoms with Gasteiger partial charge in [0.15, 0.2) is 6.20 Å². The standard InChI is InChI=1S/C29H28NO/c1-19(2)16-21-8-7-9-22(17-21)23-13-15-26(30(4)18-23)28-20(3)12-14-25-24-10-5-6-11-27(24)31-29(25)28/h5-15,17-19H,16H2,1-4H3/q+1/i1D3,19D. The maximum Gasteiger partial charge on any atom is 0.216 e. The van der Waals surface area contributed by atoms with Gasteiger partial charge in [0.25, 0.3) is 0 Å². The summed E-state index contributed by atoms with van der Waals surface area (Å²) >= 11 is 0. The maximum absolute atomic E-state index is 8.30. The minimum Gasteiger partial charge on any atom is -0.455 e. The average molecular weight is 411 g/mol. The Morgan fingerprint density at radius 2 is 1.84 bits per heavy atom. The zero-order valence-corrected chi connectivity index (χ0v) is 18.1. The van der Waals surface area contributed by atoms with E-state index in [4.69, 9.17) is 9.90 Å². The van der Waals surface area contributed by atoms with E-state index in [2.05, 4.69) is 48.0 Å². The number of hydrogen-bond donors (Lipinski definition) is 0. The predicted octanol–water partition coefficient (Wildman–Crippen LogP) is 7.25. The fourth-order valence-corrected chi connectivity index (χ4v) is 4.41. The van der Waals surface area contributed by atoms with Crippen molar-refractivity contribution in [3.05, 3.63) is 90.1 Å². The van der Waals surface area contributed by atoms with Crippen molar-refractivity contribution in [2.75, 3.05) is 0 Å². The molecule has 154 valence electrons. The molecule has 2 heterocycles. The number of fused-ring (bicyclic) bond motifs is 3. The highest BCUT2D eigenvalue weighted by Crippen LogP contribution is 2.37. The summed E-state index contributed by atoms with van der Waals surface area (Å²) in [7, 11) is 2.03. The number of benzene rings is 3. The summed E-state index contributed by atoms with van der Waals surface area (Å²) in [6.07, 6.45) is 2.24. The lowest BCUT2D eigenvalue weighted by Gasteiger charge is -2.09. The molecule has 31 heavy (non-hydrogen) atoms. The first-order valence-electron chi connectivity index (χ1n) is 12.6. The highest BCUT2D eigenvalue weighted by atomic mass is 16.3. The second kappa shape index (κ2) is 7.70. The Labute approximate surface area is 189 Å². The van der Waals surface area contributed by atoms with E-state index < -0.39 is 12.7 Å². The Morgan fingerprint density at radius 3 is 2.68 bits per heavy atom. The van der Waals surface area contributed by atoms with Crippen molar-refractivity contribution in [3.63, 3.8) is 0 Å². The third kappa shape index (κ3) is 3.53. The van der Waals surface area contributed by atoms with E-state index in [9.17, 15) is 0 Å². The Bertz CT molecular complexity index is 1560. The van der Waals surface area contributed by atoms with E-state index in [1.807, 2.05) is 49.5 Å². The van der Waals surface area contributed by atoms with Crippen LogP contribution in [0.4, 0.5) is 0 Å². The van der Waals surface area contributed by atoms with Gasteiger partial charge in [-0.1, -0.05) is 68.4 Å². The van der Waals surface area contributed by atoms with Crippen molar-refractivity contribution in [1.82, 2.24) is 0 Å². The molecule has 1 unspecified atom stereocenters. The molecule has 2 nitrogen and oxygen atoms in total. The molecule has 0 aliphatic carbocycles. The van der Waals surface area contributed by atoms with Crippen molar-refractivity contribution in [2.45, 2.75) is 27.1 Å². The minimum absolute atomic E-state index is 0.162. The third-order valence-corrected chi connectivity index (χ3v) is 5.87. The van der Waals surface area contributed by atoms with Gasteiger partial charge in [0.2, 0.25) is 5.69 Å². The quantitative estimate of drug-likeness (QED) is 0.285. The second-order valence-corrected chi connectivity index (χ2v) is 8.30. The van der Waals surface area contributed by atoms with Crippen LogP contribution >= 0.6 is 0 Å². The number of para-hydroxylation sites is 1. The van der Waals surface area contributed by atoms with Crippen LogP contribution in [0.1, 0.15) is 30.4 Å². The molecule has 0 fully saturated rings. The van der Waals surface area contributed by atoms with Gasteiger partial charge in [-0.2, -0.15) is 0 Å². The summed E-state index contributed by atoms with van der Waals surface area (Å²) in [6.45, 7) is 1.23. The Hall–Kier alpha value is -3.39. The Kier molecular flexibility index (Phi) is 3.83. The summed E-state index contributed by atoms with van der Waals surface area (Å²) < 4.78 is 39.7. The number of rotatable bonds is 4. The number of hydrogen-bond acceptors (Lipinski definition) is 1. The molecule has 0 N–H and O–H groups in total. The van der Waals surface area contributed by atoms with Crippen molar-refractivity contribution >= 4 is 21.9 Å². The first kappa shape index (κ1) is 15.4. The SMILES string of the molecule is [2H]C([2H])([2H])C([2H])(C)Cc1cccc(-c2ccc(-c3c(C)ccc4c3oc3ccccc34)[n+](C)c2)c1. The minimum atomic E-state index is -2.34. The molecular weight excluding hydrogens is 378 g/mol. The molecule has 5 rings (SSSR count). The Balaban J connectivity index is 1.56. The monoisotopic (exact) mass is 410 g/mol. The number of pyridine rings is 1.